The Kier molecular flexibility index (Phi) is 2.23. The van der Waals surface area contributed by atoms with Crippen LogP contribution in [-0.4, -0.2) is 0 Å². The van der Waals surface area contributed by atoms with Gasteiger partial charge in [0.05, 0.1) is 0 Å². The van der Waals surface area contributed by atoms with Gasteiger partial charge in [-0.15, -0.1) is 11.3 Å². The van der Waals surface area contributed by atoms with Crippen molar-refractivity contribution in [3.05, 3.63) is 59.1 Å². The van der Waals surface area contributed by atoms with Crippen LogP contribution in [0.5, 0.6) is 0 Å². The molecule has 18 heavy (non-hydrogen) atoms. The molecule has 0 amide bonds. The fourth-order valence-corrected chi connectivity index (χ4v) is 4.34. The van der Waals surface area contributed by atoms with Crippen LogP contribution in [0.15, 0.2) is 59.1 Å². The molecule has 0 radical (unpaired) electrons. The van der Waals surface area contributed by atoms with Crippen LogP contribution in [0.2, 0.25) is 0 Å². The third kappa shape index (κ3) is 1.36. The second-order valence-corrected chi connectivity index (χ2v) is 6.26. The molecule has 0 bridgehead atoms. The Labute approximate surface area is 117 Å². The molecule has 0 saturated heterocycles. The highest BCUT2D eigenvalue weighted by Gasteiger charge is 2.09. The van der Waals surface area contributed by atoms with Crippen molar-refractivity contribution in [1.82, 2.24) is 0 Å². The summed E-state index contributed by atoms with van der Waals surface area (Å²) in [6.45, 7) is 0. The highest BCUT2D eigenvalue weighted by Crippen LogP contribution is 2.41. The summed E-state index contributed by atoms with van der Waals surface area (Å²) in [5.74, 6) is 0. The Morgan fingerprint density at radius 1 is 0.667 bits per heavy atom. The van der Waals surface area contributed by atoms with Crippen molar-refractivity contribution >= 4 is 58.2 Å². The van der Waals surface area contributed by atoms with Gasteiger partial charge in [-0.1, -0.05) is 48.5 Å². The van der Waals surface area contributed by atoms with Crippen LogP contribution in [-0.2, 0) is 0 Å². The van der Waals surface area contributed by atoms with Gasteiger partial charge < -0.3 is 0 Å². The number of benzene rings is 3. The first-order valence-corrected chi connectivity index (χ1v) is 7.44. The minimum Gasteiger partial charge on any atom is -0.133 e. The normalized spacial score (nSPS) is 11.6. The van der Waals surface area contributed by atoms with Gasteiger partial charge in [-0.05, 0) is 32.8 Å². The van der Waals surface area contributed by atoms with Gasteiger partial charge in [0.25, 0.3) is 0 Å². The lowest BCUT2D eigenvalue weighted by Gasteiger charge is -1.98. The zero-order valence-electron chi connectivity index (χ0n) is 9.48. The number of rotatable bonds is 0. The van der Waals surface area contributed by atoms with Crippen LogP contribution < -0.4 is 0 Å². The zero-order chi connectivity index (χ0) is 12.1. The van der Waals surface area contributed by atoms with E-state index in [0.717, 1.165) is 0 Å². The Morgan fingerprint density at radius 3 is 2.39 bits per heavy atom. The highest BCUT2D eigenvalue weighted by molar-refractivity contribution is 9.10. The fourth-order valence-electron chi connectivity index (χ4n) is 2.49. The Bertz CT molecular complexity index is 889. The van der Waals surface area contributed by atoms with Gasteiger partial charge in [0.1, 0.15) is 0 Å². The summed E-state index contributed by atoms with van der Waals surface area (Å²) in [6, 6.07) is 19.5. The van der Waals surface area contributed by atoms with Gasteiger partial charge in [-0.25, -0.2) is 0 Å². The molecule has 0 spiro atoms. The van der Waals surface area contributed by atoms with E-state index in [1.165, 1.54) is 35.4 Å². The topological polar surface area (TPSA) is 0 Å². The van der Waals surface area contributed by atoms with Crippen LogP contribution in [0.4, 0.5) is 0 Å². The summed E-state index contributed by atoms with van der Waals surface area (Å²) >= 11 is 5.52. The van der Waals surface area contributed by atoms with E-state index >= 15 is 0 Å². The summed E-state index contributed by atoms with van der Waals surface area (Å²) in [4.78, 5) is 0. The number of halogens is 1. The maximum absolute atomic E-state index is 3.65. The molecule has 0 unspecified atom stereocenters. The van der Waals surface area contributed by atoms with Crippen LogP contribution in [0.1, 0.15) is 0 Å². The van der Waals surface area contributed by atoms with Gasteiger partial charge in [-0.3, -0.25) is 0 Å². The van der Waals surface area contributed by atoms with Crippen molar-refractivity contribution < 1.29 is 0 Å². The molecule has 1 heterocycles. The highest BCUT2D eigenvalue weighted by atomic mass is 79.9. The maximum Gasteiger partial charge on any atom is 0.0497 e. The predicted octanol–water partition coefficient (Wildman–Crippen LogP) is 5.97. The molecule has 1 aromatic heterocycles. The quantitative estimate of drug-likeness (QED) is 0.375. The SMILES string of the molecule is Brc1cccc2c1sc1c3ccccc3ccc21. The fraction of sp³-hybridized carbons (Fsp3) is 0. The van der Waals surface area contributed by atoms with E-state index in [2.05, 4.69) is 70.5 Å². The zero-order valence-corrected chi connectivity index (χ0v) is 11.9. The van der Waals surface area contributed by atoms with Gasteiger partial charge in [0, 0.05) is 24.6 Å². The number of fused-ring (bicyclic) bond motifs is 5. The van der Waals surface area contributed by atoms with Crippen LogP contribution in [0, 0.1) is 0 Å². The minimum absolute atomic E-state index is 1.19. The molecule has 0 nitrogen and oxygen atoms in total. The number of hydrogen-bond donors (Lipinski definition) is 0. The van der Waals surface area contributed by atoms with Crippen molar-refractivity contribution in [2.45, 2.75) is 0 Å². The van der Waals surface area contributed by atoms with Crippen molar-refractivity contribution in [2.24, 2.45) is 0 Å². The van der Waals surface area contributed by atoms with E-state index in [-0.39, 0.29) is 0 Å². The second-order valence-electron chi connectivity index (χ2n) is 4.38. The molecule has 86 valence electrons. The molecule has 3 aromatic carbocycles. The molecular weight excluding hydrogens is 304 g/mol. The van der Waals surface area contributed by atoms with Crippen LogP contribution >= 0.6 is 27.3 Å². The van der Waals surface area contributed by atoms with E-state index in [0.29, 0.717) is 0 Å². The standard InChI is InChI=1S/C16H9BrS/c17-14-7-3-6-12-13-9-8-10-4-1-2-5-11(10)15(13)18-16(12)14/h1-9H. The summed E-state index contributed by atoms with van der Waals surface area (Å²) in [5.41, 5.74) is 0. The van der Waals surface area contributed by atoms with E-state index in [4.69, 9.17) is 0 Å². The number of thiophene rings is 1. The molecule has 0 fully saturated rings. The Morgan fingerprint density at radius 2 is 1.44 bits per heavy atom. The summed E-state index contributed by atoms with van der Waals surface area (Å²) < 4.78 is 3.91. The first-order chi connectivity index (χ1) is 8.84. The lowest BCUT2D eigenvalue weighted by atomic mass is 10.1. The van der Waals surface area contributed by atoms with E-state index < -0.39 is 0 Å². The largest absolute Gasteiger partial charge is 0.133 e. The van der Waals surface area contributed by atoms with Crippen molar-refractivity contribution in [2.75, 3.05) is 0 Å². The van der Waals surface area contributed by atoms with Gasteiger partial charge >= 0.3 is 0 Å². The molecule has 0 atom stereocenters. The lowest BCUT2D eigenvalue weighted by Crippen LogP contribution is -1.71. The lowest BCUT2D eigenvalue weighted by molar-refractivity contribution is 1.80. The molecule has 0 aliphatic carbocycles. The molecule has 4 aromatic rings. The molecular formula is C16H9BrS. The van der Waals surface area contributed by atoms with Crippen molar-refractivity contribution in [3.63, 3.8) is 0 Å². The average molecular weight is 313 g/mol. The molecule has 0 saturated carbocycles. The molecule has 2 heteroatoms. The van der Waals surface area contributed by atoms with Crippen LogP contribution in [0.25, 0.3) is 30.9 Å². The number of hydrogen-bond acceptors (Lipinski definition) is 1. The third-order valence-corrected chi connectivity index (χ3v) is 5.55. The molecule has 0 aliphatic heterocycles. The van der Waals surface area contributed by atoms with Gasteiger partial charge in [0.2, 0.25) is 0 Å². The Balaban J connectivity index is 2.33. The van der Waals surface area contributed by atoms with E-state index in [1.807, 2.05) is 11.3 Å². The summed E-state index contributed by atoms with van der Waals surface area (Å²) in [7, 11) is 0. The maximum atomic E-state index is 3.65. The van der Waals surface area contributed by atoms with E-state index in [9.17, 15) is 0 Å². The van der Waals surface area contributed by atoms with Gasteiger partial charge in [0.15, 0.2) is 0 Å². The first-order valence-electron chi connectivity index (χ1n) is 5.83. The van der Waals surface area contributed by atoms with Crippen molar-refractivity contribution in [3.8, 4) is 0 Å². The summed E-state index contributed by atoms with van der Waals surface area (Å²) in [6.07, 6.45) is 0. The Hall–Kier alpha value is -1.38. The van der Waals surface area contributed by atoms with E-state index in [1.54, 1.807) is 0 Å². The van der Waals surface area contributed by atoms with Gasteiger partial charge in [-0.2, -0.15) is 0 Å². The van der Waals surface area contributed by atoms with Crippen LogP contribution in [0.3, 0.4) is 0 Å². The average Bonchev–Trinajstić information content (AvgIpc) is 2.79. The third-order valence-electron chi connectivity index (χ3n) is 3.34. The minimum atomic E-state index is 1.19. The smallest absolute Gasteiger partial charge is 0.0497 e. The summed E-state index contributed by atoms with van der Waals surface area (Å²) in [5, 5.41) is 5.36. The molecule has 0 N–H and O–H groups in total. The second kappa shape index (κ2) is 3.81. The monoisotopic (exact) mass is 312 g/mol. The predicted molar refractivity (Wildman–Crippen MR) is 84.5 cm³/mol. The molecule has 0 aliphatic rings. The first kappa shape index (κ1) is 10.5. The molecule has 4 rings (SSSR count). The van der Waals surface area contributed by atoms with Crippen molar-refractivity contribution in [1.29, 1.82) is 0 Å².